The highest BCUT2D eigenvalue weighted by atomic mass is 32.1. The van der Waals surface area contributed by atoms with Crippen molar-refractivity contribution in [2.75, 3.05) is 0 Å². The number of Topliss-reactive ketones (excluding diaryl/α,β-unsaturated/α-hetero) is 1. The second kappa shape index (κ2) is 4.71. The van der Waals surface area contributed by atoms with Crippen molar-refractivity contribution in [1.82, 2.24) is 4.98 Å². The Balaban J connectivity index is 1.97. The van der Waals surface area contributed by atoms with Crippen LogP contribution in [0.1, 0.15) is 31.2 Å². The van der Waals surface area contributed by atoms with Crippen molar-refractivity contribution in [2.45, 2.75) is 32.6 Å². The Morgan fingerprint density at radius 1 is 1.67 bits per heavy atom. The van der Waals surface area contributed by atoms with E-state index in [2.05, 4.69) is 18.0 Å². The predicted molar refractivity (Wildman–Crippen MR) is 61.9 cm³/mol. The third-order valence-corrected chi connectivity index (χ3v) is 3.61. The van der Waals surface area contributed by atoms with Gasteiger partial charge in [0.15, 0.2) is 5.78 Å². The van der Waals surface area contributed by atoms with Gasteiger partial charge in [-0.15, -0.1) is 11.3 Å². The van der Waals surface area contributed by atoms with E-state index in [1.165, 1.54) is 0 Å². The Bertz CT molecular complexity index is 367. The number of carbonyl (C=O) groups is 1. The van der Waals surface area contributed by atoms with Crippen LogP contribution in [0.4, 0.5) is 0 Å². The molecule has 3 heteroatoms. The lowest BCUT2D eigenvalue weighted by Gasteiger charge is -2.16. The Morgan fingerprint density at radius 2 is 2.53 bits per heavy atom. The number of allylic oxidation sites excluding steroid dienone is 2. The number of carbonyl (C=O) groups excluding carboxylic acids is 1. The SMILES string of the molecule is CC1CC=C(C(=O)Cc2nccs2)CC1. The molecule has 0 spiro atoms. The number of nitrogens with zero attached hydrogens (tertiary/aromatic N) is 1. The molecule has 2 nitrogen and oxygen atoms in total. The van der Waals surface area contributed by atoms with Crippen LogP contribution in [0.3, 0.4) is 0 Å². The van der Waals surface area contributed by atoms with Gasteiger partial charge in [-0.2, -0.15) is 0 Å². The summed E-state index contributed by atoms with van der Waals surface area (Å²) in [6.45, 7) is 2.23. The molecule has 0 aromatic carbocycles. The monoisotopic (exact) mass is 221 g/mol. The lowest BCUT2D eigenvalue weighted by molar-refractivity contribution is -0.115. The molecule has 80 valence electrons. The summed E-state index contributed by atoms with van der Waals surface area (Å²) in [5.74, 6) is 0.998. The highest BCUT2D eigenvalue weighted by molar-refractivity contribution is 7.09. The Labute approximate surface area is 94.0 Å². The molecule has 1 unspecified atom stereocenters. The van der Waals surface area contributed by atoms with Gasteiger partial charge in [-0.25, -0.2) is 4.98 Å². The van der Waals surface area contributed by atoms with Crippen LogP contribution in [0.2, 0.25) is 0 Å². The molecule has 0 fully saturated rings. The van der Waals surface area contributed by atoms with Crippen LogP contribution in [0.5, 0.6) is 0 Å². The number of aromatic nitrogens is 1. The fraction of sp³-hybridized carbons (Fsp3) is 0.500. The standard InChI is InChI=1S/C12H15NOS/c1-9-2-4-10(5-3-9)11(14)8-12-13-6-7-15-12/h4,6-7,9H,2-3,5,8H2,1H3. The molecule has 1 aliphatic rings. The van der Waals surface area contributed by atoms with Crippen molar-refractivity contribution >= 4 is 17.1 Å². The average molecular weight is 221 g/mol. The van der Waals surface area contributed by atoms with Gasteiger partial charge in [-0.3, -0.25) is 4.79 Å². The van der Waals surface area contributed by atoms with E-state index in [0.29, 0.717) is 6.42 Å². The maximum Gasteiger partial charge on any atom is 0.165 e. The highest BCUT2D eigenvalue weighted by Crippen LogP contribution is 2.24. The predicted octanol–water partition coefficient (Wildman–Crippen LogP) is 3.00. The average Bonchev–Trinajstić information content (AvgIpc) is 2.71. The van der Waals surface area contributed by atoms with Crippen LogP contribution >= 0.6 is 11.3 Å². The number of ketones is 1. The number of hydrogen-bond acceptors (Lipinski definition) is 3. The van der Waals surface area contributed by atoms with Crippen molar-refractivity contribution < 1.29 is 4.79 Å². The van der Waals surface area contributed by atoms with Crippen LogP contribution < -0.4 is 0 Å². The molecule has 0 saturated heterocycles. The van der Waals surface area contributed by atoms with Crippen molar-refractivity contribution in [3.63, 3.8) is 0 Å². The van der Waals surface area contributed by atoms with Gasteiger partial charge in [0, 0.05) is 11.6 Å². The molecular weight excluding hydrogens is 206 g/mol. The van der Waals surface area contributed by atoms with E-state index in [0.717, 1.165) is 35.8 Å². The third kappa shape index (κ3) is 2.75. The minimum atomic E-state index is 0.261. The molecule has 0 radical (unpaired) electrons. The van der Waals surface area contributed by atoms with E-state index in [1.807, 2.05) is 5.38 Å². The molecule has 0 saturated carbocycles. The summed E-state index contributed by atoms with van der Waals surface area (Å²) in [6.07, 6.45) is 7.51. The summed E-state index contributed by atoms with van der Waals surface area (Å²) in [5, 5.41) is 2.85. The van der Waals surface area contributed by atoms with Crippen molar-refractivity contribution in [3.05, 3.63) is 28.2 Å². The van der Waals surface area contributed by atoms with Gasteiger partial charge in [0.2, 0.25) is 0 Å². The zero-order valence-corrected chi connectivity index (χ0v) is 9.72. The molecule has 2 rings (SSSR count). The third-order valence-electron chi connectivity index (χ3n) is 2.83. The normalized spacial score (nSPS) is 21.1. The van der Waals surface area contributed by atoms with Crippen LogP contribution in [0, 0.1) is 5.92 Å². The minimum absolute atomic E-state index is 0.261. The molecule has 1 aromatic heterocycles. The fourth-order valence-corrected chi connectivity index (χ4v) is 2.42. The molecular formula is C12H15NOS. The van der Waals surface area contributed by atoms with Gasteiger partial charge in [-0.1, -0.05) is 13.0 Å². The van der Waals surface area contributed by atoms with Gasteiger partial charge >= 0.3 is 0 Å². The second-order valence-corrected chi connectivity index (χ2v) is 5.11. The first-order valence-electron chi connectivity index (χ1n) is 5.36. The summed E-state index contributed by atoms with van der Waals surface area (Å²) >= 11 is 1.56. The topological polar surface area (TPSA) is 30.0 Å². The summed E-state index contributed by atoms with van der Waals surface area (Å²) in [5.41, 5.74) is 1.02. The van der Waals surface area contributed by atoms with Crippen LogP contribution in [-0.4, -0.2) is 10.8 Å². The molecule has 1 aromatic rings. The highest BCUT2D eigenvalue weighted by Gasteiger charge is 2.16. The smallest absolute Gasteiger partial charge is 0.165 e. The molecule has 1 aliphatic carbocycles. The molecule has 1 heterocycles. The van der Waals surface area contributed by atoms with E-state index in [4.69, 9.17) is 0 Å². The van der Waals surface area contributed by atoms with Gasteiger partial charge in [0.25, 0.3) is 0 Å². The van der Waals surface area contributed by atoms with Gasteiger partial charge in [0.05, 0.1) is 6.42 Å². The van der Waals surface area contributed by atoms with E-state index < -0.39 is 0 Å². The van der Waals surface area contributed by atoms with Gasteiger partial charge in [-0.05, 0) is 30.8 Å². The number of thiazole rings is 1. The number of hydrogen-bond donors (Lipinski definition) is 0. The fourth-order valence-electron chi connectivity index (χ4n) is 1.81. The molecule has 1 atom stereocenters. The van der Waals surface area contributed by atoms with Crippen molar-refractivity contribution in [1.29, 1.82) is 0 Å². The lowest BCUT2D eigenvalue weighted by Crippen LogP contribution is -2.11. The summed E-state index contributed by atoms with van der Waals surface area (Å²) in [7, 11) is 0. The maximum absolute atomic E-state index is 11.9. The zero-order valence-electron chi connectivity index (χ0n) is 8.90. The zero-order chi connectivity index (χ0) is 10.7. The second-order valence-electron chi connectivity index (χ2n) is 4.13. The van der Waals surface area contributed by atoms with E-state index in [9.17, 15) is 4.79 Å². The summed E-state index contributed by atoms with van der Waals surface area (Å²) in [4.78, 5) is 16.0. The maximum atomic E-state index is 11.9. The Kier molecular flexibility index (Phi) is 3.31. The van der Waals surface area contributed by atoms with E-state index >= 15 is 0 Å². The molecule has 0 N–H and O–H groups in total. The van der Waals surface area contributed by atoms with Crippen LogP contribution in [-0.2, 0) is 11.2 Å². The van der Waals surface area contributed by atoms with Crippen molar-refractivity contribution in [3.8, 4) is 0 Å². The molecule has 15 heavy (non-hydrogen) atoms. The number of rotatable bonds is 3. The van der Waals surface area contributed by atoms with E-state index in [1.54, 1.807) is 17.5 Å². The first kappa shape index (κ1) is 10.6. The molecule has 0 aliphatic heterocycles. The Morgan fingerprint density at radius 3 is 3.13 bits per heavy atom. The largest absolute Gasteiger partial charge is 0.294 e. The summed E-state index contributed by atoms with van der Waals surface area (Å²) < 4.78 is 0. The molecule has 0 amide bonds. The summed E-state index contributed by atoms with van der Waals surface area (Å²) in [6, 6.07) is 0. The molecule has 0 bridgehead atoms. The first-order valence-corrected chi connectivity index (χ1v) is 6.24. The van der Waals surface area contributed by atoms with Gasteiger partial charge in [0.1, 0.15) is 5.01 Å². The quantitative estimate of drug-likeness (QED) is 0.785. The minimum Gasteiger partial charge on any atom is -0.294 e. The van der Waals surface area contributed by atoms with Gasteiger partial charge < -0.3 is 0 Å². The first-order chi connectivity index (χ1) is 7.25. The van der Waals surface area contributed by atoms with Crippen LogP contribution in [0.15, 0.2) is 23.2 Å². The van der Waals surface area contributed by atoms with Crippen LogP contribution in [0.25, 0.3) is 0 Å². The Hall–Kier alpha value is -0.960. The lowest BCUT2D eigenvalue weighted by atomic mass is 9.88. The van der Waals surface area contributed by atoms with E-state index in [-0.39, 0.29) is 5.78 Å². The van der Waals surface area contributed by atoms with Crippen molar-refractivity contribution in [2.24, 2.45) is 5.92 Å².